The predicted molar refractivity (Wildman–Crippen MR) is 40.3 cm³/mol. The third-order valence-corrected chi connectivity index (χ3v) is 0.852. The van der Waals surface area contributed by atoms with E-state index in [0.717, 1.165) is 0 Å². The number of carbonyl (C=O) groups excluding carboxylic acids is 1. The maximum Gasteiger partial charge on any atom is 0.216 e. The summed E-state index contributed by atoms with van der Waals surface area (Å²) in [5, 5.41) is 2.39. The highest BCUT2D eigenvalue weighted by molar-refractivity contribution is 7.93. The molecule has 0 aromatic rings. The monoisotopic (exact) mass is 151 g/mol. The van der Waals surface area contributed by atoms with E-state index >= 15 is 0 Å². The van der Waals surface area contributed by atoms with E-state index in [0.29, 0.717) is 0 Å². The van der Waals surface area contributed by atoms with Crippen LogP contribution >= 0.6 is 12.0 Å². The van der Waals surface area contributed by atoms with Gasteiger partial charge in [-0.05, 0) is 12.0 Å². The van der Waals surface area contributed by atoms with Gasteiger partial charge in [-0.25, -0.2) is 0 Å². The average molecular weight is 151 g/mol. The normalized spacial score (nSPS) is 7.11. The van der Waals surface area contributed by atoms with E-state index in [1.54, 1.807) is 14.2 Å². The Kier molecular flexibility index (Phi) is 13.8. The van der Waals surface area contributed by atoms with Crippen LogP contribution in [0.2, 0.25) is 0 Å². The zero-order valence-corrected chi connectivity index (χ0v) is 7.04. The van der Waals surface area contributed by atoms with Crippen molar-refractivity contribution in [1.29, 1.82) is 0 Å². The van der Waals surface area contributed by atoms with Crippen molar-refractivity contribution >= 4 is 17.9 Å². The highest BCUT2D eigenvalue weighted by Crippen LogP contribution is 1.84. The third kappa shape index (κ3) is 33.6. The Morgan fingerprint density at radius 1 is 1.67 bits per heavy atom. The van der Waals surface area contributed by atoms with Gasteiger partial charge in [-0.2, -0.15) is 0 Å². The van der Waals surface area contributed by atoms with E-state index < -0.39 is 0 Å². The number of carbonyl (C=O) groups is 1. The molecule has 1 N–H and O–H groups in total. The summed E-state index contributed by atoms with van der Waals surface area (Å²) in [6.07, 6.45) is 1.88. The van der Waals surface area contributed by atoms with Gasteiger partial charge < -0.3 is 9.50 Å². The van der Waals surface area contributed by atoms with Crippen LogP contribution in [0.15, 0.2) is 0 Å². The Morgan fingerprint density at radius 3 is 1.89 bits per heavy atom. The summed E-state index contributed by atoms with van der Waals surface area (Å²) in [5.74, 6) is 0.00463. The van der Waals surface area contributed by atoms with E-state index in [4.69, 9.17) is 0 Å². The Balaban J connectivity index is 0. The molecular formula is C5H13NO2S. The van der Waals surface area contributed by atoms with Crippen molar-refractivity contribution in [3.05, 3.63) is 0 Å². The Labute approximate surface area is 60.4 Å². The summed E-state index contributed by atoms with van der Waals surface area (Å²) >= 11 is 1.36. The molecule has 1 amide bonds. The zero-order valence-electron chi connectivity index (χ0n) is 6.22. The molecule has 56 valence electrons. The highest BCUT2D eigenvalue weighted by atomic mass is 32.2. The van der Waals surface area contributed by atoms with Crippen LogP contribution in [0, 0.1) is 0 Å². The Morgan fingerprint density at radius 2 is 1.89 bits per heavy atom. The van der Waals surface area contributed by atoms with E-state index in [9.17, 15) is 4.79 Å². The van der Waals surface area contributed by atoms with Gasteiger partial charge in [0.05, 0.1) is 7.11 Å². The zero-order chi connectivity index (χ0) is 7.70. The second-order valence-electron chi connectivity index (χ2n) is 1.14. The number of hydrogen-bond acceptors (Lipinski definition) is 3. The maximum absolute atomic E-state index is 9.70. The molecule has 0 bridgehead atoms. The van der Waals surface area contributed by atoms with Gasteiger partial charge in [-0.3, -0.25) is 4.79 Å². The molecule has 4 heteroatoms. The van der Waals surface area contributed by atoms with Crippen molar-refractivity contribution in [2.24, 2.45) is 0 Å². The van der Waals surface area contributed by atoms with E-state index in [-0.39, 0.29) is 5.91 Å². The fraction of sp³-hybridized carbons (Fsp3) is 0.800. The van der Waals surface area contributed by atoms with Crippen LogP contribution < -0.4 is 5.32 Å². The predicted octanol–water partition coefficient (Wildman–Crippen LogP) is 0.663. The van der Waals surface area contributed by atoms with Crippen LogP contribution in [0.3, 0.4) is 0 Å². The molecule has 0 saturated carbocycles. The van der Waals surface area contributed by atoms with Crippen molar-refractivity contribution in [3.63, 3.8) is 0 Å². The van der Waals surface area contributed by atoms with Gasteiger partial charge in [0.25, 0.3) is 0 Å². The minimum Gasteiger partial charge on any atom is -0.359 e. The number of nitrogens with one attached hydrogen (secondary N) is 1. The van der Waals surface area contributed by atoms with Crippen LogP contribution in [-0.2, 0) is 8.98 Å². The number of hydrogen-bond donors (Lipinski definition) is 1. The van der Waals surface area contributed by atoms with Gasteiger partial charge in [-0.1, -0.05) is 0 Å². The largest absolute Gasteiger partial charge is 0.359 e. The molecule has 0 aromatic carbocycles. The van der Waals surface area contributed by atoms with Crippen molar-refractivity contribution in [3.8, 4) is 0 Å². The van der Waals surface area contributed by atoms with Gasteiger partial charge in [0.15, 0.2) is 0 Å². The molecule has 0 radical (unpaired) electrons. The van der Waals surface area contributed by atoms with Crippen LogP contribution in [0.1, 0.15) is 6.92 Å². The van der Waals surface area contributed by atoms with E-state index in [1.807, 2.05) is 6.26 Å². The summed E-state index contributed by atoms with van der Waals surface area (Å²) in [4.78, 5) is 9.70. The summed E-state index contributed by atoms with van der Waals surface area (Å²) in [7, 11) is 3.24. The second-order valence-corrected chi connectivity index (χ2v) is 1.81. The van der Waals surface area contributed by atoms with Gasteiger partial charge in [0.2, 0.25) is 5.91 Å². The molecule has 0 heterocycles. The fourth-order valence-corrected chi connectivity index (χ4v) is 0. The standard InChI is InChI=1S/C3H7NO.C2H6OS/c1-3(5)4-2;1-3-4-2/h1-2H3,(H,4,5);1-2H3. The first-order valence-corrected chi connectivity index (χ1v) is 3.59. The lowest BCUT2D eigenvalue weighted by Crippen LogP contribution is -2.11. The minimum absolute atomic E-state index is 0.00463. The van der Waals surface area contributed by atoms with Gasteiger partial charge in [-0.15, -0.1) is 0 Å². The van der Waals surface area contributed by atoms with Crippen molar-refractivity contribution in [2.75, 3.05) is 20.4 Å². The molecule has 0 saturated heterocycles. The highest BCUT2D eigenvalue weighted by Gasteiger charge is 1.72. The minimum atomic E-state index is 0.00463. The lowest BCUT2D eigenvalue weighted by Gasteiger charge is -1.80. The molecular weight excluding hydrogens is 138 g/mol. The smallest absolute Gasteiger partial charge is 0.216 e. The topological polar surface area (TPSA) is 38.3 Å². The molecule has 0 rings (SSSR count). The van der Waals surface area contributed by atoms with E-state index in [2.05, 4.69) is 9.50 Å². The van der Waals surface area contributed by atoms with E-state index in [1.165, 1.54) is 19.0 Å². The molecule has 0 aromatic heterocycles. The Bertz CT molecular complexity index is 66.0. The van der Waals surface area contributed by atoms with Crippen LogP contribution in [0.25, 0.3) is 0 Å². The molecule has 0 fully saturated rings. The molecule has 9 heavy (non-hydrogen) atoms. The first-order chi connectivity index (χ1) is 4.18. The summed E-state index contributed by atoms with van der Waals surface area (Å²) in [6.45, 7) is 1.47. The first-order valence-electron chi connectivity index (χ1n) is 2.44. The van der Waals surface area contributed by atoms with Gasteiger partial charge in [0, 0.05) is 20.2 Å². The second kappa shape index (κ2) is 10.7. The van der Waals surface area contributed by atoms with Gasteiger partial charge >= 0.3 is 0 Å². The van der Waals surface area contributed by atoms with Crippen molar-refractivity contribution in [2.45, 2.75) is 6.92 Å². The molecule has 0 unspecified atom stereocenters. The lowest BCUT2D eigenvalue weighted by atomic mass is 10.7. The van der Waals surface area contributed by atoms with Crippen LogP contribution in [0.5, 0.6) is 0 Å². The molecule has 0 aliphatic heterocycles. The van der Waals surface area contributed by atoms with Crippen LogP contribution in [0.4, 0.5) is 0 Å². The molecule has 0 atom stereocenters. The van der Waals surface area contributed by atoms with Crippen LogP contribution in [-0.4, -0.2) is 26.3 Å². The summed E-state index contributed by atoms with van der Waals surface area (Å²) < 4.78 is 4.46. The molecule has 0 spiro atoms. The SMILES string of the molecule is CNC(C)=O.COSC. The quantitative estimate of drug-likeness (QED) is 0.560. The third-order valence-electron chi connectivity index (χ3n) is 0.519. The maximum atomic E-state index is 9.70. The number of amides is 1. The van der Waals surface area contributed by atoms with Gasteiger partial charge in [0.1, 0.15) is 0 Å². The summed E-state index contributed by atoms with van der Waals surface area (Å²) in [5.41, 5.74) is 0. The molecule has 3 nitrogen and oxygen atoms in total. The fourth-order valence-electron chi connectivity index (χ4n) is 0. The first kappa shape index (κ1) is 11.6. The molecule has 0 aliphatic carbocycles. The Hall–Kier alpha value is -0.220. The molecule has 0 aliphatic rings. The van der Waals surface area contributed by atoms with Crippen molar-refractivity contribution in [1.82, 2.24) is 5.32 Å². The van der Waals surface area contributed by atoms with Crippen molar-refractivity contribution < 1.29 is 8.98 Å². The lowest BCUT2D eigenvalue weighted by molar-refractivity contribution is -0.118. The number of rotatable bonds is 1. The summed E-state index contributed by atoms with van der Waals surface area (Å²) in [6, 6.07) is 0. The average Bonchev–Trinajstić information content (AvgIpc) is 1.89.